The zero-order chi connectivity index (χ0) is 21.7. The molecule has 0 aliphatic carbocycles. The normalized spacial score (nSPS) is 18.7. The molecular formula is C24H35N3O3+2. The molecule has 1 amide bonds. The molecule has 1 aliphatic rings. The molecule has 0 bridgehead atoms. The number of ether oxygens (including phenoxy) is 2. The van der Waals surface area contributed by atoms with Crippen LogP contribution in [0.1, 0.15) is 22.3 Å². The Balaban J connectivity index is 1.51. The maximum Gasteiger partial charge on any atom is 0.279 e. The molecule has 1 saturated heterocycles. The molecule has 30 heavy (non-hydrogen) atoms. The van der Waals surface area contributed by atoms with Crippen LogP contribution in [0.3, 0.4) is 0 Å². The third kappa shape index (κ3) is 5.74. The van der Waals surface area contributed by atoms with Crippen LogP contribution in [0.4, 0.5) is 5.69 Å². The van der Waals surface area contributed by atoms with E-state index >= 15 is 0 Å². The Labute approximate surface area is 179 Å². The number of amides is 1. The Hall–Kier alpha value is -2.57. The van der Waals surface area contributed by atoms with Crippen molar-refractivity contribution in [3.8, 4) is 11.5 Å². The topological polar surface area (TPSA) is 56.4 Å². The lowest BCUT2D eigenvalue weighted by atomic mass is 10.1. The van der Waals surface area contributed by atoms with E-state index in [1.807, 2.05) is 18.2 Å². The van der Waals surface area contributed by atoms with Crippen molar-refractivity contribution in [2.75, 3.05) is 52.3 Å². The largest absolute Gasteiger partial charge is 0.493 e. The molecule has 2 aromatic rings. The van der Waals surface area contributed by atoms with Gasteiger partial charge in [0, 0.05) is 11.3 Å². The van der Waals surface area contributed by atoms with E-state index in [1.165, 1.54) is 27.2 Å². The van der Waals surface area contributed by atoms with Crippen LogP contribution >= 0.6 is 0 Å². The average molecular weight is 414 g/mol. The fraction of sp³-hybridized carbons (Fsp3) is 0.458. The highest BCUT2D eigenvalue weighted by molar-refractivity contribution is 5.91. The first kappa shape index (κ1) is 22.1. The summed E-state index contributed by atoms with van der Waals surface area (Å²) in [7, 11) is 3.34. The number of hydrogen-bond acceptors (Lipinski definition) is 3. The SMILES string of the molecule is COc1cc(C)c(C[NH+]2CC[NH+](CC(=O)Nc3cc(C)cc(C)c3)CC2)cc1OC. The number of quaternary nitrogens is 2. The van der Waals surface area contributed by atoms with Gasteiger partial charge in [0.15, 0.2) is 18.0 Å². The van der Waals surface area contributed by atoms with Crippen LogP contribution in [0, 0.1) is 20.8 Å². The Morgan fingerprint density at radius 1 is 0.867 bits per heavy atom. The minimum Gasteiger partial charge on any atom is -0.493 e. The van der Waals surface area contributed by atoms with Crippen LogP contribution < -0.4 is 24.6 Å². The lowest BCUT2D eigenvalue weighted by Gasteiger charge is -2.29. The van der Waals surface area contributed by atoms with Gasteiger partial charge in [-0.05, 0) is 61.7 Å². The number of benzene rings is 2. The smallest absolute Gasteiger partial charge is 0.279 e. The number of carbonyl (C=O) groups excluding carboxylic acids is 1. The summed E-state index contributed by atoms with van der Waals surface area (Å²) >= 11 is 0. The van der Waals surface area contributed by atoms with Crippen molar-refractivity contribution in [3.05, 3.63) is 52.6 Å². The van der Waals surface area contributed by atoms with E-state index in [0.29, 0.717) is 6.54 Å². The first-order chi connectivity index (χ1) is 14.4. The van der Waals surface area contributed by atoms with Gasteiger partial charge in [-0.25, -0.2) is 0 Å². The molecule has 2 aromatic carbocycles. The van der Waals surface area contributed by atoms with Gasteiger partial charge in [0.1, 0.15) is 32.7 Å². The predicted molar refractivity (Wildman–Crippen MR) is 119 cm³/mol. The van der Waals surface area contributed by atoms with Gasteiger partial charge >= 0.3 is 0 Å². The van der Waals surface area contributed by atoms with Crippen LogP contribution in [0.2, 0.25) is 0 Å². The second-order valence-electron chi connectivity index (χ2n) is 8.41. The van der Waals surface area contributed by atoms with Crippen molar-refractivity contribution in [2.45, 2.75) is 27.3 Å². The summed E-state index contributed by atoms with van der Waals surface area (Å²) in [5.41, 5.74) is 5.74. The summed E-state index contributed by atoms with van der Waals surface area (Å²) in [6.45, 7) is 11.8. The fourth-order valence-electron chi connectivity index (χ4n) is 4.27. The van der Waals surface area contributed by atoms with E-state index in [9.17, 15) is 4.79 Å². The Morgan fingerprint density at radius 2 is 1.43 bits per heavy atom. The zero-order valence-electron chi connectivity index (χ0n) is 18.9. The van der Waals surface area contributed by atoms with Gasteiger partial charge in [0.05, 0.1) is 14.2 Å². The first-order valence-corrected chi connectivity index (χ1v) is 10.6. The maximum absolute atomic E-state index is 12.5. The molecule has 0 saturated carbocycles. The van der Waals surface area contributed by atoms with Gasteiger partial charge in [-0.2, -0.15) is 0 Å². The maximum atomic E-state index is 12.5. The molecule has 3 rings (SSSR count). The number of rotatable bonds is 7. The molecule has 1 aliphatic heterocycles. The highest BCUT2D eigenvalue weighted by Crippen LogP contribution is 2.29. The van der Waals surface area contributed by atoms with Crippen molar-refractivity contribution in [1.29, 1.82) is 0 Å². The fourth-order valence-corrected chi connectivity index (χ4v) is 4.27. The lowest BCUT2D eigenvalue weighted by Crippen LogP contribution is -3.28. The minimum atomic E-state index is 0.0918. The third-order valence-electron chi connectivity index (χ3n) is 5.86. The average Bonchev–Trinajstić information content (AvgIpc) is 2.69. The van der Waals surface area contributed by atoms with E-state index in [2.05, 4.69) is 38.2 Å². The van der Waals surface area contributed by atoms with Crippen LogP contribution in [0.25, 0.3) is 0 Å². The van der Waals surface area contributed by atoms with Crippen LogP contribution in [0.5, 0.6) is 11.5 Å². The monoisotopic (exact) mass is 413 g/mol. The van der Waals surface area contributed by atoms with Gasteiger partial charge < -0.3 is 24.6 Å². The molecule has 1 fully saturated rings. The van der Waals surface area contributed by atoms with Crippen molar-refractivity contribution < 1.29 is 24.1 Å². The lowest BCUT2D eigenvalue weighted by molar-refractivity contribution is -1.02. The summed E-state index contributed by atoms with van der Waals surface area (Å²) < 4.78 is 10.9. The van der Waals surface area contributed by atoms with Crippen LogP contribution in [0.15, 0.2) is 30.3 Å². The van der Waals surface area contributed by atoms with E-state index in [0.717, 1.165) is 49.9 Å². The van der Waals surface area contributed by atoms with Crippen molar-refractivity contribution in [2.24, 2.45) is 0 Å². The second-order valence-corrected chi connectivity index (χ2v) is 8.41. The number of nitrogens with one attached hydrogen (secondary N) is 3. The van der Waals surface area contributed by atoms with Gasteiger partial charge in [-0.3, -0.25) is 4.79 Å². The first-order valence-electron chi connectivity index (χ1n) is 10.6. The second kappa shape index (κ2) is 9.96. The quantitative estimate of drug-likeness (QED) is 0.622. The highest BCUT2D eigenvalue weighted by Gasteiger charge is 2.25. The third-order valence-corrected chi connectivity index (χ3v) is 5.86. The molecule has 0 radical (unpaired) electrons. The summed E-state index contributed by atoms with van der Waals surface area (Å²) in [6.07, 6.45) is 0. The Bertz CT molecular complexity index is 869. The number of anilines is 1. The molecule has 162 valence electrons. The number of methoxy groups -OCH3 is 2. The molecule has 6 nitrogen and oxygen atoms in total. The standard InChI is InChI=1S/C24H33N3O3/c1-17-10-18(2)12-21(11-17)25-24(28)16-27-8-6-26(7-9-27)15-20-14-23(30-5)22(29-4)13-19(20)3/h10-14H,6-9,15-16H2,1-5H3,(H,25,28)/p+2. The molecule has 0 aromatic heterocycles. The van der Waals surface area contributed by atoms with Gasteiger partial charge in [0.2, 0.25) is 0 Å². The highest BCUT2D eigenvalue weighted by atomic mass is 16.5. The number of carbonyl (C=O) groups is 1. The van der Waals surface area contributed by atoms with Crippen LogP contribution in [-0.4, -0.2) is 52.9 Å². The van der Waals surface area contributed by atoms with E-state index in [-0.39, 0.29) is 5.91 Å². The van der Waals surface area contributed by atoms with Crippen molar-refractivity contribution >= 4 is 11.6 Å². The number of aryl methyl sites for hydroxylation is 3. The van der Waals surface area contributed by atoms with Gasteiger partial charge in [0.25, 0.3) is 5.91 Å². The number of hydrogen-bond donors (Lipinski definition) is 3. The Kier molecular flexibility index (Phi) is 7.34. The Morgan fingerprint density at radius 3 is 2.03 bits per heavy atom. The molecule has 1 heterocycles. The zero-order valence-corrected chi connectivity index (χ0v) is 18.9. The number of piperazine rings is 1. The summed E-state index contributed by atoms with van der Waals surface area (Å²) in [5, 5.41) is 3.06. The van der Waals surface area contributed by atoms with Crippen LogP contribution in [-0.2, 0) is 11.3 Å². The molecule has 6 heteroatoms. The summed E-state index contributed by atoms with van der Waals surface area (Å²) in [6, 6.07) is 10.3. The summed E-state index contributed by atoms with van der Waals surface area (Å²) in [5.74, 6) is 1.65. The molecular weight excluding hydrogens is 378 g/mol. The van der Waals surface area contributed by atoms with E-state index in [4.69, 9.17) is 9.47 Å². The molecule has 0 spiro atoms. The van der Waals surface area contributed by atoms with Gasteiger partial charge in [-0.1, -0.05) is 6.07 Å². The molecule has 0 unspecified atom stereocenters. The molecule has 3 N–H and O–H groups in total. The van der Waals surface area contributed by atoms with Crippen molar-refractivity contribution in [1.82, 2.24) is 0 Å². The predicted octanol–water partition coefficient (Wildman–Crippen LogP) is 0.551. The minimum absolute atomic E-state index is 0.0918. The van der Waals surface area contributed by atoms with Crippen molar-refractivity contribution in [3.63, 3.8) is 0 Å². The van der Waals surface area contributed by atoms with E-state index < -0.39 is 0 Å². The summed E-state index contributed by atoms with van der Waals surface area (Å²) in [4.78, 5) is 15.4. The van der Waals surface area contributed by atoms with Gasteiger partial charge in [-0.15, -0.1) is 0 Å². The van der Waals surface area contributed by atoms with E-state index in [1.54, 1.807) is 19.1 Å². The molecule has 0 atom stereocenters.